The van der Waals surface area contributed by atoms with Gasteiger partial charge in [0.2, 0.25) is 0 Å². The Balaban J connectivity index is 0.000000350. The molecule has 34 heavy (non-hydrogen) atoms. The molecule has 0 aromatic carbocycles. The summed E-state index contributed by atoms with van der Waals surface area (Å²) < 4.78 is 39.9. The zero-order valence-corrected chi connectivity index (χ0v) is 26.7. The summed E-state index contributed by atoms with van der Waals surface area (Å²) in [5, 5.41) is 9.95. The molecule has 2 aliphatic carbocycles. The van der Waals surface area contributed by atoms with Gasteiger partial charge < -0.3 is 14.0 Å². The molecule has 0 heterocycles. The molecule has 2 saturated carbocycles. The van der Waals surface area contributed by atoms with E-state index in [9.17, 15) is 13.5 Å². The summed E-state index contributed by atoms with van der Waals surface area (Å²) in [6.07, 6.45) is 8.77. The maximum absolute atomic E-state index is 11.1. The lowest BCUT2D eigenvalue weighted by molar-refractivity contribution is 0.0596. The molecule has 0 spiro atoms. The maximum Gasteiger partial charge on any atom is 0.264 e. The minimum absolute atomic E-state index is 0.0794. The smallest absolute Gasteiger partial charge is 0.264 e. The number of rotatable bonds is 6. The third kappa shape index (κ3) is 11.1. The highest BCUT2D eigenvalue weighted by atomic mass is 32.2. The second kappa shape index (κ2) is 12.2. The van der Waals surface area contributed by atoms with Crippen LogP contribution < -0.4 is 0 Å². The second-order valence-corrected chi connectivity index (χ2v) is 24.5. The fraction of sp³-hybridized carbons (Fsp3) is 1.00. The third-order valence-electron chi connectivity index (χ3n) is 8.11. The molecule has 9 heteroatoms. The first-order valence-corrected chi connectivity index (χ1v) is 20.7. The molecule has 0 aromatic heterocycles. The largest absolute Gasteiger partial charge is 0.414 e. The predicted octanol–water partition coefficient (Wildman–Crippen LogP) is 6.61. The standard InChI is InChI=1S/C13H28O4SSi.C12H26O2Si/c1-13(2,3)19(5,6)17-12-9-7-11(8-10-12)16-18(4,14)15;1-12(2,3)15(4,5)14-11-8-6-10(13)7-9-11/h11-12H,7-10H2,1-6H3;10-11,13H,6-9H2,1-5H3. The Kier molecular flexibility index (Phi) is 11.6. The lowest BCUT2D eigenvalue weighted by Crippen LogP contribution is -2.45. The van der Waals surface area contributed by atoms with Crippen LogP contribution in [0.2, 0.25) is 36.3 Å². The van der Waals surface area contributed by atoms with E-state index in [2.05, 4.69) is 67.7 Å². The van der Waals surface area contributed by atoms with Crippen LogP contribution >= 0.6 is 0 Å². The van der Waals surface area contributed by atoms with Crippen LogP contribution in [0.4, 0.5) is 0 Å². The van der Waals surface area contributed by atoms with Gasteiger partial charge in [-0.25, -0.2) is 0 Å². The number of aliphatic hydroxyl groups excluding tert-OH is 1. The minimum atomic E-state index is -3.33. The van der Waals surface area contributed by atoms with Crippen molar-refractivity contribution in [1.82, 2.24) is 0 Å². The van der Waals surface area contributed by atoms with Crippen molar-refractivity contribution in [2.75, 3.05) is 6.26 Å². The molecule has 0 aromatic rings. The molecule has 2 fully saturated rings. The van der Waals surface area contributed by atoms with E-state index in [1.165, 1.54) is 0 Å². The molecule has 0 saturated heterocycles. The molecule has 0 radical (unpaired) electrons. The summed E-state index contributed by atoms with van der Waals surface area (Å²) in [5.74, 6) is 0. The molecule has 0 unspecified atom stereocenters. The summed E-state index contributed by atoms with van der Waals surface area (Å²) in [6.45, 7) is 22.6. The zero-order valence-electron chi connectivity index (χ0n) is 23.9. The van der Waals surface area contributed by atoms with Crippen molar-refractivity contribution in [2.24, 2.45) is 0 Å². The Morgan fingerprint density at radius 1 is 0.647 bits per heavy atom. The van der Waals surface area contributed by atoms with E-state index < -0.39 is 26.8 Å². The minimum Gasteiger partial charge on any atom is -0.414 e. The maximum atomic E-state index is 11.1. The fourth-order valence-corrected chi connectivity index (χ4v) is 7.38. The lowest BCUT2D eigenvalue weighted by atomic mass is 9.95. The Morgan fingerprint density at radius 3 is 1.24 bits per heavy atom. The van der Waals surface area contributed by atoms with E-state index in [0.29, 0.717) is 11.1 Å². The van der Waals surface area contributed by atoms with Crippen molar-refractivity contribution in [3.63, 3.8) is 0 Å². The monoisotopic (exact) mass is 538 g/mol. The van der Waals surface area contributed by atoms with Crippen LogP contribution in [0.5, 0.6) is 0 Å². The molecule has 0 aliphatic heterocycles. The van der Waals surface area contributed by atoms with Gasteiger partial charge in [-0.2, -0.15) is 8.42 Å². The van der Waals surface area contributed by atoms with Crippen molar-refractivity contribution < 1.29 is 26.6 Å². The quantitative estimate of drug-likeness (QED) is 0.303. The van der Waals surface area contributed by atoms with Gasteiger partial charge >= 0.3 is 0 Å². The molecule has 6 nitrogen and oxygen atoms in total. The first-order chi connectivity index (χ1) is 15.1. The molecule has 0 amide bonds. The van der Waals surface area contributed by atoms with Gasteiger partial charge in [0.15, 0.2) is 16.6 Å². The number of aliphatic hydroxyl groups is 1. The Labute approximate surface area is 212 Å². The topological polar surface area (TPSA) is 82.1 Å². The Hall–Kier alpha value is 0.224. The van der Waals surface area contributed by atoms with Gasteiger partial charge in [0.25, 0.3) is 10.1 Å². The van der Waals surface area contributed by atoms with Gasteiger partial charge in [-0.1, -0.05) is 41.5 Å². The van der Waals surface area contributed by atoms with Gasteiger partial charge in [-0.15, -0.1) is 0 Å². The van der Waals surface area contributed by atoms with E-state index >= 15 is 0 Å². The van der Waals surface area contributed by atoms with Crippen LogP contribution in [0.15, 0.2) is 0 Å². The van der Waals surface area contributed by atoms with E-state index in [1.54, 1.807) is 0 Å². The third-order valence-corrected chi connectivity index (χ3v) is 17.8. The van der Waals surface area contributed by atoms with E-state index in [1.807, 2.05) is 0 Å². The molecule has 204 valence electrons. The summed E-state index contributed by atoms with van der Waals surface area (Å²) in [5.41, 5.74) is 0. The average molecular weight is 539 g/mol. The summed E-state index contributed by atoms with van der Waals surface area (Å²) in [4.78, 5) is 0. The zero-order chi connectivity index (χ0) is 26.6. The van der Waals surface area contributed by atoms with Crippen LogP contribution in [0.1, 0.15) is 92.9 Å². The highest BCUT2D eigenvalue weighted by Gasteiger charge is 2.41. The predicted molar refractivity (Wildman–Crippen MR) is 147 cm³/mol. The molecular weight excluding hydrogens is 485 g/mol. The van der Waals surface area contributed by atoms with Crippen LogP contribution in [-0.4, -0.2) is 60.8 Å². The molecule has 0 atom stereocenters. The molecular formula is C25H54O6SSi2. The van der Waals surface area contributed by atoms with E-state index in [-0.39, 0.29) is 23.4 Å². The lowest BCUT2D eigenvalue weighted by Gasteiger charge is -2.41. The second-order valence-electron chi connectivity index (χ2n) is 13.4. The highest BCUT2D eigenvalue weighted by Crippen LogP contribution is 2.40. The van der Waals surface area contributed by atoms with E-state index in [0.717, 1.165) is 57.6 Å². The first kappa shape index (κ1) is 32.3. The van der Waals surface area contributed by atoms with Gasteiger partial charge in [0.05, 0.1) is 18.5 Å². The number of hydrogen-bond donors (Lipinski definition) is 1. The van der Waals surface area contributed by atoms with E-state index in [4.69, 9.17) is 13.0 Å². The summed E-state index contributed by atoms with van der Waals surface area (Å²) >= 11 is 0. The molecule has 0 bridgehead atoms. The first-order valence-electron chi connectivity index (χ1n) is 13.0. The van der Waals surface area contributed by atoms with Gasteiger partial charge in [-0.3, -0.25) is 4.18 Å². The SMILES string of the molecule is CC(C)(C)[Si](C)(C)OC1CCC(O)CC1.CC(C)(C)[Si](C)(C)OC1CCC(OS(C)(=O)=O)CC1. The fourth-order valence-electron chi connectivity index (χ4n) is 3.84. The Bertz CT molecular complexity index is 709. The van der Waals surface area contributed by atoms with Gasteiger partial charge in [-0.05, 0) is 87.6 Å². The van der Waals surface area contributed by atoms with Crippen LogP contribution in [0.25, 0.3) is 0 Å². The van der Waals surface area contributed by atoms with Crippen molar-refractivity contribution in [3.8, 4) is 0 Å². The van der Waals surface area contributed by atoms with Crippen molar-refractivity contribution in [1.29, 1.82) is 0 Å². The van der Waals surface area contributed by atoms with Gasteiger partial charge in [0.1, 0.15) is 0 Å². The van der Waals surface area contributed by atoms with Crippen molar-refractivity contribution >= 4 is 26.8 Å². The average Bonchev–Trinajstić information content (AvgIpc) is 2.62. The van der Waals surface area contributed by atoms with Crippen molar-refractivity contribution in [3.05, 3.63) is 0 Å². The highest BCUT2D eigenvalue weighted by molar-refractivity contribution is 7.86. The summed E-state index contributed by atoms with van der Waals surface area (Å²) in [6, 6.07) is 0. The number of hydrogen-bond acceptors (Lipinski definition) is 6. The molecule has 1 N–H and O–H groups in total. The van der Waals surface area contributed by atoms with Crippen LogP contribution in [0, 0.1) is 0 Å². The molecule has 2 aliphatic rings. The molecule has 2 rings (SSSR count). The van der Waals surface area contributed by atoms with Crippen molar-refractivity contribution in [2.45, 2.75) is 154 Å². The van der Waals surface area contributed by atoms with Gasteiger partial charge in [0, 0.05) is 12.2 Å². The van der Waals surface area contributed by atoms with Crippen LogP contribution in [-0.2, 0) is 23.2 Å². The summed E-state index contributed by atoms with van der Waals surface area (Å²) in [7, 11) is -6.65. The van der Waals surface area contributed by atoms with Crippen LogP contribution in [0.3, 0.4) is 0 Å². The normalized spacial score (nSPS) is 27.6. The Morgan fingerprint density at radius 2 is 0.941 bits per heavy atom.